The summed E-state index contributed by atoms with van der Waals surface area (Å²) < 4.78 is 14.1. The summed E-state index contributed by atoms with van der Waals surface area (Å²) in [7, 11) is 1.52. The van der Waals surface area contributed by atoms with Crippen LogP contribution in [0.3, 0.4) is 0 Å². The van der Waals surface area contributed by atoms with E-state index < -0.39 is 11.7 Å². The van der Waals surface area contributed by atoms with Crippen LogP contribution in [0.2, 0.25) is 0 Å². The molecule has 0 aliphatic carbocycles. The summed E-state index contributed by atoms with van der Waals surface area (Å²) in [6.45, 7) is 0. The summed E-state index contributed by atoms with van der Waals surface area (Å²) in [4.78, 5) is 13.6. The molecule has 0 saturated carbocycles. The molecular formula is C14H11BrFNO2. The van der Waals surface area contributed by atoms with E-state index in [0.29, 0.717) is 10.2 Å². The Bertz CT molecular complexity index is 610. The van der Waals surface area contributed by atoms with Gasteiger partial charge in [-0.3, -0.25) is 4.79 Å². The Kier molecular flexibility index (Phi) is 3.85. The molecule has 1 amide bonds. The highest BCUT2D eigenvalue weighted by molar-refractivity contribution is 9.10. The van der Waals surface area contributed by atoms with E-state index in [-0.39, 0.29) is 11.3 Å². The van der Waals surface area contributed by atoms with Crippen LogP contribution < -0.4 is 4.90 Å². The molecule has 2 rings (SSSR count). The Balaban J connectivity index is 2.39. The Labute approximate surface area is 118 Å². The van der Waals surface area contributed by atoms with Crippen molar-refractivity contribution in [2.45, 2.75) is 0 Å². The zero-order valence-electron chi connectivity index (χ0n) is 10.1. The van der Waals surface area contributed by atoms with Crippen LogP contribution in [0, 0.1) is 5.82 Å². The fraction of sp³-hybridized carbons (Fsp3) is 0.0714. The first-order valence-corrected chi connectivity index (χ1v) is 6.31. The van der Waals surface area contributed by atoms with Crippen LogP contribution in [0.4, 0.5) is 10.1 Å². The topological polar surface area (TPSA) is 40.5 Å². The molecule has 1 N–H and O–H groups in total. The number of aromatic hydroxyl groups is 1. The SMILES string of the molecule is CN(C(=O)c1c(F)cccc1Br)c1cccc(O)c1. The van der Waals surface area contributed by atoms with E-state index >= 15 is 0 Å². The Morgan fingerprint density at radius 1 is 1.26 bits per heavy atom. The number of amides is 1. The van der Waals surface area contributed by atoms with Crippen molar-refractivity contribution < 1.29 is 14.3 Å². The van der Waals surface area contributed by atoms with Crippen molar-refractivity contribution in [3.63, 3.8) is 0 Å². The molecule has 0 saturated heterocycles. The first-order valence-electron chi connectivity index (χ1n) is 5.52. The second-order valence-electron chi connectivity index (χ2n) is 3.98. The second-order valence-corrected chi connectivity index (χ2v) is 4.84. The van der Waals surface area contributed by atoms with Crippen molar-refractivity contribution in [1.29, 1.82) is 0 Å². The number of nitrogens with zero attached hydrogens (tertiary/aromatic N) is 1. The molecule has 2 aromatic rings. The Hall–Kier alpha value is -1.88. The van der Waals surface area contributed by atoms with Gasteiger partial charge < -0.3 is 10.0 Å². The van der Waals surface area contributed by atoms with Crippen LogP contribution in [0.25, 0.3) is 0 Å². The van der Waals surface area contributed by atoms with Gasteiger partial charge in [0.15, 0.2) is 0 Å². The molecule has 2 aromatic carbocycles. The lowest BCUT2D eigenvalue weighted by molar-refractivity contribution is 0.0988. The van der Waals surface area contributed by atoms with Crippen LogP contribution >= 0.6 is 15.9 Å². The average molecular weight is 324 g/mol. The number of halogens is 2. The fourth-order valence-electron chi connectivity index (χ4n) is 1.69. The van der Waals surface area contributed by atoms with Gasteiger partial charge in [-0.05, 0) is 40.2 Å². The molecule has 0 bridgehead atoms. The largest absolute Gasteiger partial charge is 0.508 e. The van der Waals surface area contributed by atoms with E-state index in [1.807, 2.05) is 0 Å². The number of carbonyl (C=O) groups excluding carboxylic acids is 1. The third-order valence-corrected chi connectivity index (χ3v) is 3.36. The predicted molar refractivity (Wildman–Crippen MR) is 74.9 cm³/mol. The van der Waals surface area contributed by atoms with E-state index in [0.717, 1.165) is 0 Å². The van der Waals surface area contributed by atoms with Gasteiger partial charge in [0, 0.05) is 23.3 Å². The van der Waals surface area contributed by atoms with Crippen molar-refractivity contribution >= 4 is 27.5 Å². The van der Waals surface area contributed by atoms with Gasteiger partial charge in [-0.1, -0.05) is 12.1 Å². The summed E-state index contributed by atoms with van der Waals surface area (Å²) in [6.07, 6.45) is 0. The molecular weight excluding hydrogens is 313 g/mol. The number of phenols is 1. The molecule has 0 unspecified atom stereocenters. The lowest BCUT2D eigenvalue weighted by Crippen LogP contribution is -2.27. The summed E-state index contributed by atoms with van der Waals surface area (Å²) in [6, 6.07) is 10.6. The molecule has 0 heterocycles. The highest BCUT2D eigenvalue weighted by atomic mass is 79.9. The van der Waals surface area contributed by atoms with Crippen molar-refractivity contribution in [3.8, 4) is 5.75 Å². The number of anilines is 1. The molecule has 0 fully saturated rings. The van der Waals surface area contributed by atoms with Gasteiger partial charge in [-0.25, -0.2) is 4.39 Å². The fourth-order valence-corrected chi connectivity index (χ4v) is 2.20. The third kappa shape index (κ3) is 2.76. The van der Waals surface area contributed by atoms with Crippen molar-refractivity contribution in [2.24, 2.45) is 0 Å². The highest BCUT2D eigenvalue weighted by Gasteiger charge is 2.20. The van der Waals surface area contributed by atoms with Gasteiger partial charge in [0.2, 0.25) is 0 Å². The Morgan fingerprint density at radius 3 is 2.58 bits per heavy atom. The molecule has 19 heavy (non-hydrogen) atoms. The molecule has 0 spiro atoms. The summed E-state index contributed by atoms with van der Waals surface area (Å²) in [5.41, 5.74) is 0.452. The zero-order chi connectivity index (χ0) is 14.0. The van der Waals surface area contributed by atoms with Crippen molar-refractivity contribution in [1.82, 2.24) is 0 Å². The number of rotatable bonds is 2. The molecule has 3 nitrogen and oxygen atoms in total. The van der Waals surface area contributed by atoms with Gasteiger partial charge in [-0.2, -0.15) is 0 Å². The summed E-state index contributed by atoms with van der Waals surface area (Å²) in [5.74, 6) is -1.04. The van der Waals surface area contributed by atoms with Crippen LogP contribution in [-0.4, -0.2) is 18.1 Å². The maximum Gasteiger partial charge on any atom is 0.262 e. The van der Waals surface area contributed by atoms with Gasteiger partial charge in [0.25, 0.3) is 5.91 Å². The number of hydrogen-bond donors (Lipinski definition) is 1. The monoisotopic (exact) mass is 323 g/mol. The maximum atomic E-state index is 13.7. The van der Waals surface area contributed by atoms with Crippen LogP contribution in [0.1, 0.15) is 10.4 Å². The minimum atomic E-state index is -0.591. The van der Waals surface area contributed by atoms with E-state index in [2.05, 4.69) is 15.9 Å². The lowest BCUT2D eigenvalue weighted by Gasteiger charge is -2.18. The minimum Gasteiger partial charge on any atom is -0.508 e. The van der Waals surface area contributed by atoms with E-state index in [4.69, 9.17) is 0 Å². The van der Waals surface area contributed by atoms with E-state index in [9.17, 15) is 14.3 Å². The van der Waals surface area contributed by atoms with E-state index in [1.54, 1.807) is 18.2 Å². The van der Waals surface area contributed by atoms with Crippen molar-refractivity contribution in [3.05, 3.63) is 58.3 Å². The quantitative estimate of drug-likeness (QED) is 0.917. The standard InChI is InChI=1S/C14H11BrFNO2/c1-17(9-4-2-5-10(18)8-9)14(19)13-11(15)6-3-7-12(13)16/h2-8,18H,1H3. The van der Waals surface area contributed by atoms with Gasteiger partial charge in [0.1, 0.15) is 11.6 Å². The highest BCUT2D eigenvalue weighted by Crippen LogP contribution is 2.25. The zero-order valence-corrected chi connectivity index (χ0v) is 11.7. The minimum absolute atomic E-state index is 0.0339. The number of hydrogen-bond acceptors (Lipinski definition) is 2. The molecule has 0 aliphatic heterocycles. The van der Waals surface area contributed by atoms with Crippen molar-refractivity contribution in [2.75, 3.05) is 11.9 Å². The molecule has 98 valence electrons. The maximum absolute atomic E-state index is 13.7. The molecule has 0 aliphatic rings. The number of phenolic OH excluding ortho intramolecular Hbond substituents is 1. The van der Waals surface area contributed by atoms with Gasteiger partial charge >= 0.3 is 0 Å². The molecule has 0 atom stereocenters. The third-order valence-electron chi connectivity index (χ3n) is 2.70. The Morgan fingerprint density at radius 2 is 1.95 bits per heavy atom. The smallest absolute Gasteiger partial charge is 0.262 e. The van der Waals surface area contributed by atoms with Crippen LogP contribution in [0.5, 0.6) is 5.75 Å². The molecule has 0 radical (unpaired) electrons. The first kappa shape index (κ1) is 13.5. The van der Waals surface area contributed by atoms with Crippen LogP contribution in [-0.2, 0) is 0 Å². The van der Waals surface area contributed by atoms with E-state index in [1.165, 1.54) is 36.2 Å². The number of benzene rings is 2. The lowest BCUT2D eigenvalue weighted by atomic mass is 10.1. The van der Waals surface area contributed by atoms with Gasteiger partial charge in [0.05, 0.1) is 5.56 Å². The molecule has 0 aromatic heterocycles. The normalized spacial score (nSPS) is 10.3. The summed E-state index contributed by atoms with van der Waals surface area (Å²) >= 11 is 3.17. The van der Waals surface area contributed by atoms with Crippen LogP contribution in [0.15, 0.2) is 46.9 Å². The molecule has 5 heteroatoms. The summed E-state index contributed by atoms with van der Waals surface area (Å²) in [5, 5.41) is 9.40. The average Bonchev–Trinajstić information content (AvgIpc) is 2.37. The number of carbonyl (C=O) groups is 1. The first-order chi connectivity index (χ1) is 9.00. The second kappa shape index (κ2) is 5.40. The predicted octanol–water partition coefficient (Wildman–Crippen LogP) is 3.57. The van der Waals surface area contributed by atoms with Gasteiger partial charge in [-0.15, -0.1) is 0 Å².